The van der Waals surface area contributed by atoms with Crippen molar-refractivity contribution in [1.82, 2.24) is 0 Å². The predicted molar refractivity (Wildman–Crippen MR) is 81.5 cm³/mol. The predicted octanol–water partition coefficient (Wildman–Crippen LogP) is 3.52. The Morgan fingerprint density at radius 1 is 1.14 bits per heavy atom. The van der Waals surface area contributed by atoms with Crippen molar-refractivity contribution in [2.75, 3.05) is 13.2 Å². The van der Waals surface area contributed by atoms with Gasteiger partial charge in [0.05, 0.1) is 11.5 Å². The van der Waals surface area contributed by atoms with E-state index in [0.717, 1.165) is 6.08 Å². The maximum absolute atomic E-state index is 13.7. The summed E-state index contributed by atoms with van der Waals surface area (Å²) < 4.78 is 23.5. The molecule has 0 saturated carbocycles. The topological polar surface area (TPSA) is 52.6 Å². The van der Waals surface area contributed by atoms with Crippen LogP contribution in [0.15, 0.2) is 36.4 Å². The molecule has 0 aliphatic carbocycles. The molecule has 0 aromatic heterocycles. The molecule has 0 fully saturated rings. The Hall–Kier alpha value is -2.17. The van der Waals surface area contributed by atoms with Crippen molar-refractivity contribution in [3.63, 3.8) is 0 Å². The summed E-state index contributed by atoms with van der Waals surface area (Å²) in [4.78, 5) is 23.1. The molecule has 4 nitrogen and oxygen atoms in total. The molecule has 1 aromatic carbocycles. The van der Waals surface area contributed by atoms with Crippen LogP contribution in [0.5, 0.6) is 0 Å². The highest BCUT2D eigenvalue weighted by Gasteiger charge is 2.26. The van der Waals surface area contributed by atoms with Gasteiger partial charge in [0.15, 0.2) is 0 Å². The first-order valence-electron chi connectivity index (χ1n) is 7.13. The van der Waals surface area contributed by atoms with E-state index in [1.807, 2.05) is 6.92 Å². The molecule has 0 N–H and O–H groups in total. The van der Waals surface area contributed by atoms with Crippen LogP contribution in [0.4, 0.5) is 4.39 Å². The third-order valence-corrected chi connectivity index (χ3v) is 3.29. The molecule has 0 aliphatic rings. The Bertz CT molecular complexity index is 535. The number of carbonyl (C=O) groups is 2. The van der Waals surface area contributed by atoms with Gasteiger partial charge in [0.2, 0.25) is 0 Å². The second-order valence-electron chi connectivity index (χ2n) is 5.40. The molecule has 0 spiro atoms. The van der Waals surface area contributed by atoms with Crippen molar-refractivity contribution in [1.29, 1.82) is 0 Å². The van der Waals surface area contributed by atoms with Crippen LogP contribution in [-0.2, 0) is 19.1 Å². The summed E-state index contributed by atoms with van der Waals surface area (Å²) in [6.45, 7) is 5.29. The zero-order chi connectivity index (χ0) is 16.6. The van der Waals surface area contributed by atoms with Crippen LogP contribution in [0.25, 0.3) is 5.83 Å². The van der Waals surface area contributed by atoms with Gasteiger partial charge in [-0.25, -0.2) is 9.18 Å². The lowest BCUT2D eigenvalue weighted by Gasteiger charge is -2.20. The third-order valence-electron chi connectivity index (χ3n) is 3.29. The zero-order valence-corrected chi connectivity index (χ0v) is 13.1. The van der Waals surface area contributed by atoms with Crippen LogP contribution in [0.3, 0.4) is 0 Å². The van der Waals surface area contributed by atoms with Crippen molar-refractivity contribution in [2.45, 2.75) is 27.2 Å². The second kappa shape index (κ2) is 8.32. The summed E-state index contributed by atoms with van der Waals surface area (Å²) in [6.07, 6.45) is 1.42. The molecule has 0 heterocycles. The van der Waals surface area contributed by atoms with Gasteiger partial charge in [-0.05, 0) is 20.3 Å². The lowest BCUT2D eigenvalue weighted by atomic mass is 9.91. The molecule has 0 saturated heterocycles. The highest BCUT2D eigenvalue weighted by atomic mass is 19.1. The van der Waals surface area contributed by atoms with E-state index in [4.69, 9.17) is 9.47 Å². The monoisotopic (exact) mass is 308 g/mol. The minimum absolute atomic E-state index is 0.0468. The normalized spacial score (nSPS) is 11.9. The Labute approximate surface area is 129 Å². The Morgan fingerprint density at radius 3 is 2.32 bits per heavy atom. The van der Waals surface area contributed by atoms with Crippen LogP contribution in [-0.4, -0.2) is 25.2 Å². The smallest absolute Gasteiger partial charge is 0.333 e. The van der Waals surface area contributed by atoms with Gasteiger partial charge in [-0.15, -0.1) is 0 Å². The molecule has 0 radical (unpaired) electrons. The lowest BCUT2D eigenvalue weighted by Crippen LogP contribution is -2.27. The third kappa shape index (κ3) is 5.68. The summed E-state index contributed by atoms with van der Waals surface area (Å²) in [5, 5.41) is 0. The van der Waals surface area contributed by atoms with E-state index in [1.54, 1.807) is 44.2 Å². The first-order chi connectivity index (χ1) is 10.4. The summed E-state index contributed by atoms with van der Waals surface area (Å²) in [7, 11) is 0. The standard InChI is InChI=1S/C17H21FO4/c1-4-17(2,3)16(20)22-11-10-21-15(19)12-14(18)13-8-6-5-7-9-13/h5-9,12H,4,10-11H2,1-3H3/b14-12-. The Morgan fingerprint density at radius 2 is 1.73 bits per heavy atom. The van der Waals surface area contributed by atoms with Gasteiger partial charge >= 0.3 is 11.9 Å². The molecule has 0 bridgehead atoms. The highest BCUT2D eigenvalue weighted by molar-refractivity contribution is 5.89. The van der Waals surface area contributed by atoms with Crippen LogP contribution in [0, 0.1) is 5.41 Å². The average molecular weight is 308 g/mol. The van der Waals surface area contributed by atoms with Crippen LogP contribution < -0.4 is 0 Å². The van der Waals surface area contributed by atoms with Crippen molar-refractivity contribution < 1.29 is 23.5 Å². The fourth-order valence-electron chi connectivity index (χ4n) is 1.44. The molecular formula is C17H21FO4. The Balaban J connectivity index is 2.37. The van der Waals surface area contributed by atoms with Crippen molar-refractivity contribution >= 4 is 17.8 Å². The van der Waals surface area contributed by atoms with E-state index in [-0.39, 0.29) is 19.2 Å². The van der Waals surface area contributed by atoms with E-state index in [2.05, 4.69) is 0 Å². The summed E-state index contributed by atoms with van der Waals surface area (Å²) in [5.41, 5.74) is -0.265. The maximum Gasteiger partial charge on any atom is 0.333 e. The quantitative estimate of drug-likeness (QED) is 0.439. The molecule has 0 unspecified atom stereocenters. The number of rotatable bonds is 7. The largest absolute Gasteiger partial charge is 0.462 e. The first-order valence-corrected chi connectivity index (χ1v) is 7.13. The molecule has 0 amide bonds. The second-order valence-corrected chi connectivity index (χ2v) is 5.40. The van der Waals surface area contributed by atoms with E-state index in [9.17, 15) is 14.0 Å². The molecule has 120 valence electrons. The van der Waals surface area contributed by atoms with Crippen LogP contribution in [0.1, 0.15) is 32.8 Å². The van der Waals surface area contributed by atoms with Crippen molar-refractivity contribution in [3.05, 3.63) is 42.0 Å². The van der Waals surface area contributed by atoms with E-state index in [0.29, 0.717) is 12.0 Å². The minimum Gasteiger partial charge on any atom is -0.462 e. The molecule has 0 atom stereocenters. The summed E-state index contributed by atoms with van der Waals surface area (Å²) in [6, 6.07) is 8.19. The van der Waals surface area contributed by atoms with Gasteiger partial charge in [-0.2, -0.15) is 0 Å². The van der Waals surface area contributed by atoms with Gasteiger partial charge in [0.1, 0.15) is 19.0 Å². The Kier molecular flexibility index (Phi) is 6.76. The SMILES string of the molecule is CCC(C)(C)C(=O)OCCOC(=O)/C=C(\F)c1ccccc1. The molecule has 1 rings (SSSR count). The molecule has 22 heavy (non-hydrogen) atoms. The number of halogens is 1. The molecule has 0 aliphatic heterocycles. The first kappa shape index (κ1) is 17.9. The number of carbonyl (C=O) groups excluding carboxylic acids is 2. The van der Waals surface area contributed by atoms with Crippen LogP contribution >= 0.6 is 0 Å². The molecule has 1 aromatic rings. The van der Waals surface area contributed by atoms with Gasteiger partial charge in [-0.3, -0.25) is 4.79 Å². The van der Waals surface area contributed by atoms with Gasteiger partial charge < -0.3 is 9.47 Å². The van der Waals surface area contributed by atoms with Gasteiger partial charge in [0, 0.05) is 5.56 Å². The zero-order valence-electron chi connectivity index (χ0n) is 13.1. The lowest BCUT2D eigenvalue weighted by molar-refractivity contribution is -0.157. The van der Waals surface area contributed by atoms with Crippen molar-refractivity contribution in [2.24, 2.45) is 5.41 Å². The number of benzene rings is 1. The minimum atomic E-state index is -0.813. The fraction of sp³-hybridized carbons (Fsp3) is 0.412. The number of hydrogen-bond acceptors (Lipinski definition) is 4. The van der Waals surface area contributed by atoms with Gasteiger partial charge in [-0.1, -0.05) is 37.3 Å². The number of esters is 2. The average Bonchev–Trinajstić information content (AvgIpc) is 2.52. The van der Waals surface area contributed by atoms with E-state index < -0.39 is 17.2 Å². The van der Waals surface area contributed by atoms with E-state index >= 15 is 0 Å². The molecular weight excluding hydrogens is 287 g/mol. The van der Waals surface area contributed by atoms with Gasteiger partial charge in [0.25, 0.3) is 0 Å². The summed E-state index contributed by atoms with van der Waals surface area (Å²) in [5.74, 6) is -1.83. The number of hydrogen-bond donors (Lipinski definition) is 0. The van der Waals surface area contributed by atoms with Crippen molar-refractivity contribution in [3.8, 4) is 0 Å². The summed E-state index contributed by atoms with van der Waals surface area (Å²) >= 11 is 0. The van der Waals surface area contributed by atoms with Crippen LogP contribution in [0.2, 0.25) is 0 Å². The fourth-order valence-corrected chi connectivity index (χ4v) is 1.44. The highest BCUT2D eigenvalue weighted by Crippen LogP contribution is 2.21. The van der Waals surface area contributed by atoms with E-state index in [1.165, 1.54) is 0 Å². The number of ether oxygens (including phenoxy) is 2. The maximum atomic E-state index is 13.7. The molecule has 5 heteroatoms.